The van der Waals surface area contributed by atoms with Crippen molar-refractivity contribution in [2.75, 3.05) is 33.9 Å². The molecule has 0 aliphatic rings. The standard InChI is InChI=1S/C43H79NO8/c1-5-7-9-11-20-26-35-51-43(49)37-39(46)29-22-17-13-15-19-24-31-40(52-41(47)32-27-33-44(3)4)30-23-18-14-12-16-21-28-38(45)36-42(48)50-34-25-10-8-6-2/h40H,5-37H2,1-4H3. The molecule has 304 valence electrons. The van der Waals surface area contributed by atoms with Crippen LogP contribution in [0.5, 0.6) is 0 Å². The predicted molar refractivity (Wildman–Crippen MR) is 210 cm³/mol. The molecule has 0 bridgehead atoms. The molecule has 1 unspecified atom stereocenters. The maximum Gasteiger partial charge on any atom is 0.313 e. The lowest BCUT2D eigenvalue weighted by Gasteiger charge is -2.18. The number of hydrogen-bond acceptors (Lipinski definition) is 9. The Hall–Kier alpha value is -2.29. The fraction of sp³-hybridized carbons (Fsp3) is 0.884. The van der Waals surface area contributed by atoms with Crippen LogP contribution < -0.4 is 0 Å². The molecule has 0 fully saturated rings. The largest absolute Gasteiger partial charge is 0.465 e. The van der Waals surface area contributed by atoms with Gasteiger partial charge < -0.3 is 19.1 Å². The van der Waals surface area contributed by atoms with Crippen LogP contribution >= 0.6 is 0 Å². The molecule has 0 aliphatic carbocycles. The third-order valence-electron chi connectivity index (χ3n) is 9.45. The van der Waals surface area contributed by atoms with Gasteiger partial charge in [0, 0.05) is 19.3 Å². The molecule has 0 rings (SSSR count). The second kappa shape index (κ2) is 37.0. The number of hydrogen-bond donors (Lipinski definition) is 0. The predicted octanol–water partition coefficient (Wildman–Crippen LogP) is 10.4. The van der Waals surface area contributed by atoms with E-state index in [2.05, 4.69) is 18.7 Å². The Morgan fingerprint density at radius 3 is 1.27 bits per heavy atom. The number of Topliss-reactive ketones (excluding diaryl/α,β-unsaturated/α-hetero) is 2. The average molecular weight is 738 g/mol. The molecule has 9 heteroatoms. The highest BCUT2D eigenvalue weighted by Gasteiger charge is 2.15. The van der Waals surface area contributed by atoms with Crippen molar-refractivity contribution in [2.24, 2.45) is 0 Å². The molecule has 9 nitrogen and oxygen atoms in total. The van der Waals surface area contributed by atoms with E-state index in [1.54, 1.807) is 0 Å². The molecular weight excluding hydrogens is 658 g/mol. The highest BCUT2D eigenvalue weighted by atomic mass is 16.5. The van der Waals surface area contributed by atoms with Crippen molar-refractivity contribution in [3.8, 4) is 0 Å². The second-order valence-electron chi connectivity index (χ2n) is 15.0. The molecule has 1 atom stereocenters. The molecular formula is C43H79NO8. The number of esters is 3. The Morgan fingerprint density at radius 2 is 0.827 bits per heavy atom. The van der Waals surface area contributed by atoms with E-state index in [0.29, 0.717) is 32.5 Å². The number of ether oxygens (including phenoxy) is 3. The van der Waals surface area contributed by atoms with E-state index >= 15 is 0 Å². The zero-order chi connectivity index (χ0) is 38.5. The van der Waals surface area contributed by atoms with Crippen molar-refractivity contribution in [2.45, 2.75) is 213 Å². The van der Waals surface area contributed by atoms with Crippen LogP contribution in [0.1, 0.15) is 206 Å². The van der Waals surface area contributed by atoms with Crippen molar-refractivity contribution >= 4 is 29.5 Å². The minimum atomic E-state index is -0.395. The molecule has 0 spiro atoms. The topological polar surface area (TPSA) is 116 Å². The summed E-state index contributed by atoms with van der Waals surface area (Å²) in [5, 5.41) is 0. The van der Waals surface area contributed by atoms with Crippen LogP contribution in [0.3, 0.4) is 0 Å². The van der Waals surface area contributed by atoms with Crippen LogP contribution in [0.15, 0.2) is 0 Å². The summed E-state index contributed by atoms with van der Waals surface area (Å²) in [6.07, 6.45) is 26.6. The maximum atomic E-state index is 12.5. The van der Waals surface area contributed by atoms with Gasteiger partial charge in [0.05, 0.1) is 13.2 Å². The molecule has 0 radical (unpaired) electrons. The van der Waals surface area contributed by atoms with E-state index in [1.807, 2.05) is 14.1 Å². The summed E-state index contributed by atoms with van der Waals surface area (Å²) >= 11 is 0. The Labute approximate surface area is 318 Å². The number of unbranched alkanes of at least 4 members (excludes halogenated alkanes) is 18. The molecule has 0 saturated heterocycles. The van der Waals surface area contributed by atoms with Crippen LogP contribution in [0.2, 0.25) is 0 Å². The molecule has 0 aliphatic heterocycles. The first-order chi connectivity index (χ1) is 25.2. The lowest BCUT2D eigenvalue weighted by molar-refractivity contribution is -0.150. The van der Waals surface area contributed by atoms with Crippen molar-refractivity contribution in [3.05, 3.63) is 0 Å². The van der Waals surface area contributed by atoms with Crippen molar-refractivity contribution in [1.29, 1.82) is 0 Å². The van der Waals surface area contributed by atoms with Gasteiger partial charge in [0.2, 0.25) is 0 Å². The number of carbonyl (C=O) groups is 5. The third-order valence-corrected chi connectivity index (χ3v) is 9.45. The second-order valence-corrected chi connectivity index (χ2v) is 15.0. The average Bonchev–Trinajstić information content (AvgIpc) is 3.09. The maximum absolute atomic E-state index is 12.5. The summed E-state index contributed by atoms with van der Waals surface area (Å²) in [6, 6.07) is 0. The normalized spacial score (nSPS) is 11.8. The van der Waals surface area contributed by atoms with Crippen LogP contribution in [0, 0.1) is 0 Å². The summed E-state index contributed by atoms with van der Waals surface area (Å²) in [4.78, 5) is 62.6. The van der Waals surface area contributed by atoms with E-state index in [4.69, 9.17) is 14.2 Å². The first kappa shape index (κ1) is 49.7. The highest BCUT2D eigenvalue weighted by Crippen LogP contribution is 2.18. The van der Waals surface area contributed by atoms with Gasteiger partial charge >= 0.3 is 17.9 Å². The summed E-state index contributed by atoms with van der Waals surface area (Å²) in [5.41, 5.74) is 0. The Balaban J connectivity index is 4.13. The van der Waals surface area contributed by atoms with Crippen molar-refractivity contribution < 1.29 is 38.2 Å². The molecule has 0 aromatic carbocycles. The van der Waals surface area contributed by atoms with E-state index in [1.165, 1.54) is 25.7 Å². The van der Waals surface area contributed by atoms with Crippen molar-refractivity contribution in [3.63, 3.8) is 0 Å². The Kier molecular flexibility index (Phi) is 35.4. The van der Waals surface area contributed by atoms with Crippen molar-refractivity contribution in [1.82, 2.24) is 4.90 Å². The molecule has 0 aromatic heterocycles. The monoisotopic (exact) mass is 738 g/mol. The SMILES string of the molecule is CCCCCCCCOC(=O)CC(=O)CCCCCCCCC(CCCCCCCCC(=O)CC(=O)OCCCCCC)OC(=O)CCCN(C)C. The Bertz CT molecular complexity index is 906. The highest BCUT2D eigenvalue weighted by molar-refractivity contribution is 5.95. The van der Waals surface area contributed by atoms with Crippen LogP contribution in [-0.4, -0.2) is 74.3 Å². The van der Waals surface area contributed by atoms with Gasteiger partial charge in [-0.1, -0.05) is 117 Å². The van der Waals surface area contributed by atoms with Gasteiger partial charge in [0.1, 0.15) is 30.5 Å². The molecule has 0 saturated carbocycles. The van der Waals surface area contributed by atoms with Crippen LogP contribution in [0.4, 0.5) is 0 Å². The summed E-state index contributed by atoms with van der Waals surface area (Å²) in [5.74, 6) is -0.946. The van der Waals surface area contributed by atoms with Gasteiger partial charge in [-0.3, -0.25) is 24.0 Å². The van der Waals surface area contributed by atoms with E-state index in [-0.39, 0.29) is 42.5 Å². The van der Waals surface area contributed by atoms with Gasteiger partial charge in [-0.15, -0.1) is 0 Å². The minimum absolute atomic E-state index is 0.0272. The zero-order valence-electron chi connectivity index (χ0n) is 34.1. The first-order valence-corrected chi connectivity index (χ1v) is 21.4. The summed E-state index contributed by atoms with van der Waals surface area (Å²) in [6.45, 7) is 6.02. The molecule has 0 aromatic rings. The van der Waals surface area contributed by atoms with E-state index in [0.717, 1.165) is 141 Å². The lowest BCUT2D eigenvalue weighted by atomic mass is 10.0. The molecule has 0 heterocycles. The smallest absolute Gasteiger partial charge is 0.313 e. The molecule has 52 heavy (non-hydrogen) atoms. The van der Waals surface area contributed by atoms with Gasteiger partial charge in [-0.25, -0.2) is 0 Å². The number of carbonyl (C=O) groups excluding carboxylic acids is 5. The van der Waals surface area contributed by atoms with Gasteiger partial charge in [0.25, 0.3) is 0 Å². The van der Waals surface area contributed by atoms with Crippen LogP contribution in [0.25, 0.3) is 0 Å². The number of nitrogens with zero attached hydrogens (tertiary/aromatic N) is 1. The number of rotatable bonds is 39. The van der Waals surface area contributed by atoms with Gasteiger partial charge in [-0.2, -0.15) is 0 Å². The van der Waals surface area contributed by atoms with Gasteiger partial charge in [-0.05, 0) is 78.4 Å². The van der Waals surface area contributed by atoms with E-state index < -0.39 is 5.97 Å². The minimum Gasteiger partial charge on any atom is -0.465 e. The zero-order valence-corrected chi connectivity index (χ0v) is 34.1. The van der Waals surface area contributed by atoms with Crippen LogP contribution in [-0.2, 0) is 38.2 Å². The third kappa shape index (κ3) is 36.1. The summed E-state index contributed by atoms with van der Waals surface area (Å²) in [7, 11) is 4.01. The lowest BCUT2D eigenvalue weighted by Crippen LogP contribution is -2.20. The Morgan fingerprint density at radius 1 is 0.442 bits per heavy atom. The van der Waals surface area contributed by atoms with E-state index in [9.17, 15) is 24.0 Å². The molecule has 0 amide bonds. The quantitative estimate of drug-likeness (QED) is 0.0263. The van der Waals surface area contributed by atoms with Gasteiger partial charge in [0.15, 0.2) is 0 Å². The number of ketones is 2. The fourth-order valence-corrected chi connectivity index (χ4v) is 6.23. The molecule has 0 N–H and O–H groups in total. The summed E-state index contributed by atoms with van der Waals surface area (Å²) < 4.78 is 16.3. The first-order valence-electron chi connectivity index (χ1n) is 21.4. The fourth-order valence-electron chi connectivity index (χ4n) is 6.23.